The van der Waals surface area contributed by atoms with Crippen LogP contribution in [0.15, 0.2) is 0 Å². The molecule has 0 aromatic heterocycles. The normalized spacial score (nSPS) is 21.9. The van der Waals surface area contributed by atoms with E-state index in [4.69, 9.17) is 0 Å². The molecule has 7 heteroatoms. The first-order valence-electron chi connectivity index (χ1n) is 7.61. The zero-order chi connectivity index (χ0) is 17.5. The van der Waals surface area contributed by atoms with Crippen LogP contribution in [0.5, 0.6) is 0 Å². The minimum absolute atomic E-state index is 0.200. The van der Waals surface area contributed by atoms with Crippen LogP contribution in [-0.4, -0.2) is 91.2 Å². The van der Waals surface area contributed by atoms with Crippen LogP contribution in [-0.2, 0) is 0 Å². The maximum absolute atomic E-state index is 2.71. The Balaban J connectivity index is 3.98. The summed E-state index contributed by atoms with van der Waals surface area (Å²) < 4.78 is 9.83. The van der Waals surface area contributed by atoms with E-state index in [1.807, 2.05) is 0 Å². The summed E-state index contributed by atoms with van der Waals surface area (Å²) in [5.41, 5.74) is 5.46. The molecule has 0 saturated carbocycles. The van der Waals surface area contributed by atoms with Gasteiger partial charge in [-0.15, -0.1) is 0 Å². The minimum Gasteiger partial charge on any atom is -0.275 e. The van der Waals surface area contributed by atoms with Gasteiger partial charge in [0.1, 0.15) is 0 Å². The Labute approximate surface area is 140 Å². The van der Waals surface area contributed by atoms with E-state index >= 15 is 0 Å². The molecule has 0 N–H and O–H groups in total. The Bertz CT molecular complexity index is 528. The molecule has 4 nitrogen and oxygen atoms in total. The van der Waals surface area contributed by atoms with Crippen LogP contribution >= 0.6 is 22.6 Å². The molecule has 1 aliphatic rings. The first-order chi connectivity index (χ1) is 9.82. The van der Waals surface area contributed by atoms with Crippen molar-refractivity contribution >= 4 is 38.7 Å². The molecule has 1 heterocycles. The van der Waals surface area contributed by atoms with Crippen LogP contribution in [0.1, 0.15) is 20.8 Å². The van der Waals surface area contributed by atoms with Crippen LogP contribution in [0, 0.1) is 5.41 Å². The smallest absolute Gasteiger partial charge is 0.0472 e. The Hall–Kier alpha value is 0.610. The number of rotatable bonds is 4. The summed E-state index contributed by atoms with van der Waals surface area (Å²) in [5, 5.41) is 1.65. The van der Waals surface area contributed by atoms with Crippen molar-refractivity contribution in [3.8, 4) is 0 Å². The molecule has 0 aromatic carbocycles. The highest BCUT2D eigenvalue weighted by Gasteiger charge is 2.38. The molecule has 0 fully saturated rings. The van der Waals surface area contributed by atoms with E-state index < -0.39 is 14.4 Å². The van der Waals surface area contributed by atoms with E-state index in [0.717, 1.165) is 0 Å². The van der Waals surface area contributed by atoms with E-state index in [-0.39, 0.29) is 5.41 Å². The molecule has 0 aromatic rings. The predicted octanol–water partition coefficient (Wildman–Crippen LogP) is 3.58. The summed E-state index contributed by atoms with van der Waals surface area (Å²) in [7, 11) is 16.1. The van der Waals surface area contributed by atoms with Crippen molar-refractivity contribution in [1.82, 2.24) is 18.7 Å². The second-order valence-corrected chi connectivity index (χ2v) is 16.9. The highest BCUT2D eigenvalue weighted by Crippen LogP contribution is 2.67. The lowest BCUT2D eigenvalue weighted by atomic mass is 10.0. The van der Waals surface area contributed by atoms with Gasteiger partial charge in [0.05, 0.1) is 0 Å². The number of nitrogens with zero attached hydrogens (tertiary/aromatic N) is 4. The zero-order valence-electron chi connectivity index (χ0n) is 16.3. The van der Waals surface area contributed by atoms with Crippen molar-refractivity contribution < 1.29 is 0 Å². The van der Waals surface area contributed by atoms with E-state index in [2.05, 4.69) is 107 Å². The average molecular weight is 364 g/mol. The van der Waals surface area contributed by atoms with Gasteiger partial charge >= 0.3 is 0 Å². The monoisotopic (exact) mass is 364 g/mol. The van der Waals surface area contributed by atoms with Crippen LogP contribution < -0.4 is 0 Å². The van der Waals surface area contributed by atoms with Gasteiger partial charge in [0.2, 0.25) is 0 Å². The Morgan fingerprint density at radius 3 is 1.45 bits per heavy atom. The second-order valence-electron chi connectivity index (χ2n) is 7.67. The first-order valence-corrected chi connectivity index (χ1v) is 12.2. The molecule has 0 unspecified atom stereocenters. The Kier molecular flexibility index (Phi) is 6.43. The third-order valence-electron chi connectivity index (χ3n) is 4.16. The van der Waals surface area contributed by atoms with Gasteiger partial charge in [0.25, 0.3) is 0 Å². The third kappa shape index (κ3) is 3.35. The van der Waals surface area contributed by atoms with Crippen molar-refractivity contribution in [2.45, 2.75) is 20.8 Å². The average Bonchev–Trinajstić information content (AvgIpc) is 2.35. The molecule has 130 valence electrons. The molecule has 22 heavy (non-hydrogen) atoms. The highest BCUT2D eigenvalue weighted by atomic mass is 31.2. The molecular weight excluding hydrogens is 329 g/mol. The first kappa shape index (κ1) is 20.7. The largest absolute Gasteiger partial charge is 0.275 e. The molecule has 1 aliphatic heterocycles. The fourth-order valence-corrected chi connectivity index (χ4v) is 18.4. The van der Waals surface area contributed by atoms with Crippen LogP contribution in [0.25, 0.3) is 0 Å². The van der Waals surface area contributed by atoms with Crippen molar-refractivity contribution in [2.24, 2.45) is 5.41 Å². The molecule has 0 bridgehead atoms. The molecule has 0 aliphatic carbocycles. The van der Waals surface area contributed by atoms with Gasteiger partial charge in [0, 0.05) is 19.4 Å². The lowest BCUT2D eigenvalue weighted by Gasteiger charge is -2.48. The van der Waals surface area contributed by atoms with E-state index in [1.54, 1.807) is 5.03 Å². The third-order valence-corrected chi connectivity index (χ3v) is 17.1. The fourth-order valence-electron chi connectivity index (χ4n) is 2.95. The summed E-state index contributed by atoms with van der Waals surface area (Å²) >= 11 is 0. The van der Waals surface area contributed by atoms with Crippen molar-refractivity contribution in [3.63, 3.8) is 0 Å². The summed E-state index contributed by atoms with van der Waals surface area (Å²) in [6.45, 7) is 7.07. The van der Waals surface area contributed by atoms with Crippen LogP contribution in [0.4, 0.5) is 0 Å². The van der Waals surface area contributed by atoms with Crippen molar-refractivity contribution in [2.75, 3.05) is 56.4 Å². The maximum atomic E-state index is 2.71. The molecule has 0 spiro atoms. The van der Waals surface area contributed by atoms with Crippen molar-refractivity contribution in [3.05, 3.63) is 0 Å². The van der Waals surface area contributed by atoms with E-state index in [9.17, 15) is 0 Å². The molecule has 1 rings (SSSR count). The lowest BCUT2D eigenvalue weighted by Crippen LogP contribution is -2.35. The summed E-state index contributed by atoms with van der Waals surface area (Å²) in [4.78, 5) is 0. The standard InChI is InChI=1S/C15H35N4P3/c1-15(2,3)14-20-12-21(16(4)5,17(6)7)13-22(14,18(8)9)19(10)11/h12-13H,1-11H3. The molecule has 0 atom stereocenters. The van der Waals surface area contributed by atoms with E-state index in [0.29, 0.717) is 0 Å². The minimum atomic E-state index is -1.61. The fraction of sp³-hybridized carbons (Fsp3) is 0.800. The molecule has 0 amide bonds. The van der Waals surface area contributed by atoms with Gasteiger partial charge in [-0.25, -0.2) is 0 Å². The van der Waals surface area contributed by atoms with Crippen molar-refractivity contribution in [1.29, 1.82) is 0 Å². The van der Waals surface area contributed by atoms with Gasteiger partial charge < -0.3 is 0 Å². The molecular formula is C15H35N4P3. The van der Waals surface area contributed by atoms with Gasteiger partial charge in [-0.1, -0.05) is 29.0 Å². The summed E-state index contributed by atoms with van der Waals surface area (Å²) in [6, 6.07) is 0. The zero-order valence-corrected chi connectivity index (χ0v) is 19.0. The quantitative estimate of drug-likeness (QED) is 0.707. The predicted molar refractivity (Wildman–Crippen MR) is 112 cm³/mol. The second kappa shape index (κ2) is 6.85. The Morgan fingerprint density at radius 1 is 0.773 bits per heavy atom. The Morgan fingerprint density at radius 2 is 1.18 bits per heavy atom. The van der Waals surface area contributed by atoms with Gasteiger partial charge in [-0.05, 0) is 72.9 Å². The summed E-state index contributed by atoms with van der Waals surface area (Å²) in [6.07, 6.45) is 0. The highest BCUT2D eigenvalue weighted by molar-refractivity contribution is 8.13. The number of hydrogen-bond acceptors (Lipinski definition) is 4. The number of hydrogen-bond donors (Lipinski definition) is 0. The maximum Gasteiger partial charge on any atom is 0.0472 e. The van der Waals surface area contributed by atoms with Gasteiger partial charge in [-0.3, -0.25) is 18.7 Å². The van der Waals surface area contributed by atoms with Crippen LogP contribution in [0.3, 0.4) is 0 Å². The van der Waals surface area contributed by atoms with Gasteiger partial charge in [0.15, 0.2) is 0 Å². The summed E-state index contributed by atoms with van der Waals surface area (Å²) in [5.74, 6) is 0. The van der Waals surface area contributed by atoms with Gasteiger partial charge in [-0.2, -0.15) is 0 Å². The topological polar surface area (TPSA) is 13.0 Å². The lowest BCUT2D eigenvalue weighted by molar-refractivity contribution is 0.568. The van der Waals surface area contributed by atoms with Crippen LogP contribution in [0.2, 0.25) is 0 Å². The van der Waals surface area contributed by atoms with E-state index in [1.165, 1.54) is 8.20 Å². The molecule has 0 radical (unpaired) electrons. The SMILES string of the molecule is CN(C)P1(N(C)C)=CP(N(C)C)(N(C)C)=C(C(C)(C)C)P=C1. The molecule has 0 saturated heterocycles.